The number of rotatable bonds is 7. The molecule has 1 aliphatic carbocycles. The number of aryl methyl sites for hydroxylation is 1. The minimum Gasteiger partial charge on any atom is -0.395 e. The minimum atomic E-state index is -0.432. The van der Waals surface area contributed by atoms with Crippen molar-refractivity contribution in [2.45, 2.75) is 71.6 Å². The first-order chi connectivity index (χ1) is 15.0. The molecule has 4 rings (SSSR count). The van der Waals surface area contributed by atoms with Crippen molar-refractivity contribution >= 4 is 17.1 Å². The van der Waals surface area contributed by atoms with Gasteiger partial charge < -0.3 is 10.4 Å². The smallest absolute Gasteiger partial charge is 0.332 e. The number of aliphatic hydroxyl groups excluding tert-OH is 1. The highest BCUT2D eigenvalue weighted by Gasteiger charge is 2.23. The predicted octanol–water partition coefficient (Wildman–Crippen LogP) is 2.47. The van der Waals surface area contributed by atoms with Gasteiger partial charge >= 0.3 is 5.69 Å². The topological polar surface area (TPSA) is 94.1 Å². The van der Waals surface area contributed by atoms with Crippen molar-refractivity contribution in [3.63, 3.8) is 0 Å². The van der Waals surface area contributed by atoms with Gasteiger partial charge in [0.05, 0.1) is 19.7 Å². The van der Waals surface area contributed by atoms with E-state index >= 15 is 0 Å². The van der Waals surface area contributed by atoms with Crippen LogP contribution in [0.1, 0.15) is 50.2 Å². The first-order valence-corrected chi connectivity index (χ1v) is 11.2. The molecule has 8 heteroatoms. The van der Waals surface area contributed by atoms with Crippen molar-refractivity contribution in [1.29, 1.82) is 0 Å². The standard InChI is InChI=1S/C23H31N5O3/c1-3-26-21(30)19-20(27(13-14-29)23(26)31)25-22(24-18-7-5-4-6-8-18)28(19)15-17-11-9-16(2)10-12-17/h9-12,18,29H,3-8,13-15H2,1-2H3,(H,24,25). The average molecular weight is 426 g/mol. The lowest BCUT2D eigenvalue weighted by Crippen LogP contribution is -2.40. The SMILES string of the molecule is CCn1c(=O)c2c(nc(NC3CCCCC3)n2Cc2ccc(C)cc2)n(CCO)c1=O. The maximum atomic E-state index is 13.3. The van der Waals surface area contributed by atoms with Crippen molar-refractivity contribution in [3.05, 3.63) is 56.2 Å². The zero-order chi connectivity index (χ0) is 22.0. The van der Waals surface area contributed by atoms with Crippen LogP contribution in [-0.2, 0) is 19.6 Å². The maximum Gasteiger partial charge on any atom is 0.332 e. The van der Waals surface area contributed by atoms with E-state index in [1.807, 2.05) is 23.6 Å². The normalized spacial score (nSPS) is 14.9. The molecule has 0 atom stereocenters. The molecule has 1 aromatic carbocycles. The second-order valence-electron chi connectivity index (χ2n) is 8.37. The number of imidazole rings is 1. The molecule has 31 heavy (non-hydrogen) atoms. The van der Waals surface area contributed by atoms with Crippen molar-refractivity contribution in [2.24, 2.45) is 0 Å². The van der Waals surface area contributed by atoms with E-state index in [1.54, 1.807) is 6.92 Å². The van der Waals surface area contributed by atoms with E-state index in [9.17, 15) is 14.7 Å². The van der Waals surface area contributed by atoms with Gasteiger partial charge in [-0.15, -0.1) is 0 Å². The Morgan fingerprint density at radius 2 is 1.77 bits per heavy atom. The van der Waals surface area contributed by atoms with E-state index in [1.165, 1.54) is 34.0 Å². The molecule has 8 nitrogen and oxygen atoms in total. The highest BCUT2D eigenvalue weighted by atomic mass is 16.3. The van der Waals surface area contributed by atoms with E-state index in [0.29, 0.717) is 29.7 Å². The Labute approximate surface area is 181 Å². The molecule has 166 valence electrons. The number of fused-ring (bicyclic) bond motifs is 1. The largest absolute Gasteiger partial charge is 0.395 e. The fourth-order valence-electron chi connectivity index (χ4n) is 4.44. The van der Waals surface area contributed by atoms with Crippen LogP contribution in [0.25, 0.3) is 11.2 Å². The van der Waals surface area contributed by atoms with Gasteiger partial charge in [0, 0.05) is 12.6 Å². The Morgan fingerprint density at radius 3 is 2.42 bits per heavy atom. The number of hydrogen-bond donors (Lipinski definition) is 2. The monoisotopic (exact) mass is 425 g/mol. The summed E-state index contributed by atoms with van der Waals surface area (Å²) in [5, 5.41) is 13.1. The van der Waals surface area contributed by atoms with Crippen LogP contribution in [0.5, 0.6) is 0 Å². The quantitative estimate of drug-likeness (QED) is 0.607. The molecule has 0 aliphatic heterocycles. The van der Waals surface area contributed by atoms with E-state index in [4.69, 9.17) is 4.98 Å². The summed E-state index contributed by atoms with van der Waals surface area (Å²) >= 11 is 0. The average Bonchev–Trinajstić information content (AvgIpc) is 3.11. The van der Waals surface area contributed by atoms with Crippen LogP contribution in [0.3, 0.4) is 0 Å². The number of anilines is 1. The second kappa shape index (κ2) is 9.09. The fraction of sp³-hybridized carbons (Fsp3) is 0.522. The molecule has 2 heterocycles. The van der Waals surface area contributed by atoms with Crippen LogP contribution in [0.4, 0.5) is 5.95 Å². The zero-order valence-electron chi connectivity index (χ0n) is 18.3. The Balaban J connectivity index is 1.91. The third-order valence-corrected chi connectivity index (χ3v) is 6.15. The van der Waals surface area contributed by atoms with Gasteiger partial charge in [-0.3, -0.25) is 18.5 Å². The summed E-state index contributed by atoms with van der Waals surface area (Å²) in [6.07, 6.45) is 5.73. The van der Waals surface area contributed by atoms with Crippen molar-refractivity contribution < 1.29 is 5.11 Å². The van der Waals surface area contributed by atoms with Gasteiger partial charge in [0.25, 0.3) is 5.56 Å². The van der Waals surface area contributed by atoms with Gasteiger partial charge in [-0.05, 0) is 32.3 Å². The molecule has 1 fully saturated rings. The van der Waals surface area contributed by atoms with E-state index in [2.05, 4.69) is 17.4 Å². The zero-order valence-corrected chi connectivity index (χ0v) is 18.3. The van der Waals surface area contributed by atoms with Gasteiger partial charge in [-0.1, -0.05) is 49.1 Å². The third kappa shape index (κ3) is 4.17. The lowest BCUT2D eigenvalue weighted by Gasteiger charge is -2.23. The highest BCUT2D eigenvalue weighted by Crippen LogP contribution is 2.24. The summed E-state index contributed by atoms with van der Waals surface area (Å²) in [5.74, 6) is 0.611. The van der Waals surface area contributed by atoms with E-state index in [-0.39, 0.29) is 25.3 Å². The molecular weight excluding hydrogens is 394 g/mol. The van der Waals surface area contributed by atoms with Crippen LogP contribution >= 0.6 is 0 Å². The number of aromatic nitrogens is 4. The van der Waals surface area contributed by atoms with Crippen LogP contribution in [0.15, 0.2) is 33.9 Å². The third-order valence-electron chi connectivity index (χ3n) is 6.15. The summed E-state index contributed by atoms with van der Waals surface area (Å²) in [7, 11) is 0. The summed E-state index contributed by atoms with van der Waals surface area (Å²) in [6, 6.07) is 8.50. The molecule has 1 aliphatic rings. The molecule has 0 amide bonds. The van der Waals surface area contributed by atoms with Crippen LogP contribution < -0.4 is 16.6 Å². The number of nitrogens with zero attached hydrogens (tertiary/aromatic N) is 4. The van der Waals surface area contributed by atoms with Crippen molar-refractivity contribution in [1.82, 2.24) is 18.7 Å². The van der Waals surface area contributed by atoms with Gasteiger partial charge in [0.15, 0.2) is 11.2 Å². The molecule has 2 N–H and O–H groups in total. The molecule has 1 saturated carbocycles. The van der Waals surface area contributed by atoms with Crippen LogP contribution in [-0.4, -0.2) is 36.4 Å². The molecule has 0 radical (unpaired) electrons. The van der Waals surface area contributed by atoms with E-state index in [0.717, 1.165) is 18.4 Å². The van der Waals surface area contributed by atoms with Crippen LogP contribution in [0, 0.1) is 6.92 Å². The molecule has 0 unspecified atom stereocenters. The highest BCUT2D eigenvalue weighted by molar-refractivity contribution is 5.74. The van der Waals surface area contributed by atoms with Crippen molar-refractivity contribution in [3.8, 4) is 0 Å². The molecular formula is C23H31N5O3. The van der Waals surface area contributed by atoms with Gasteiger partial charge in [0.1, 0.15) is 0 Å². The molecule has 3 aromatic rings. The molecule has 0 saturated heterocycles. The molecule has 0 bridgehead atoms. The Bertz CT molecular complexity index is 1170. The van der Waals surface area contributed by atoms with Gasteiger partial charge in [-0.2, -0.15) is 4.98 Å². The Kier molecular flexibility index (Phi) is 6.27. The fourth-order valence-corrected chi connectivity index (χ4v) is 4.44. The number of benzene rings is 1. The lowest BCUT2D eigenvalue weighted by atomic mass is 9.96. The number of nitrogens with one attached hydrogen (secondary N) is 1. The summed E-state index contributed by atoms with van der Waals surface area (Å²) in [5.41, 5.74) is 2.18. The Hall–Kier alpha value is -2.87. The molecule has 0 spiro atoms. The summed E-state index contributed by atoms with van der Waals surface area (Å²) < 4.78 is 4.53. The van der Waals surface area contributed by atoms with Gasteiger partial charge in [0.2, 0.25) is 5.95 Å². The molecule has 2 aromatic heterocycles. The number of aliphatic hydroxyl groups is 1. The van der Waals surface area contributed by atoms with Gasteiger partial charge in [-0.25, -0.2) is 4.79 Å². The summed E-state index contributed by atoms with van der Waals surface area (Å²) in [4.78, 5) is 30.9. The van der Waals surface area contributed by atoms with E-state index < -0.39 is 5.69 Å². The maximum absolute atomic E-state index is 13.3. The predicted molar refractivity (Wildman–Crippen MR) is 122 cm³/mol. The first-order valence-electron chi connectivity index (χ1n) is 11.2. The summed E-state index contributed by atoms with van der Waals surface area (Å²) in [6.45, 7) is 4.45. The van der Waals surface area contributed by atoms with Crippen molar-refractivity contribution in [2.75, 3.05) is 11.9 Å². The van der Waals surface area contributed by atoms with Crippen LogP contribution in [0.2, 0.25) is 0 Å². The first kappa shape index (κ1) is 21.4. The number of hydrogen-bond acceptors (Lipinski definition) is 5. The second-order valence-corrected chi connectivity index (χ2v) is 8.37. The Morgan fingerprint density at radius 1 is 1.06 bits per heavy atom. The minimum absolute atomic E-state index is 0.0972. The lowest BCUT2D eigenvalue weighted by molar-refractivity contribution is 0.274.